The number of rotatable bonds is 6. The maximum Gasteiger partial charge on any atom is 0.350 e. The Balaban J connectivity index is 1.42. The van der Waals surface area contributed by atoms with Crippen LogP contribution < -0.4 is 10.1 Å². The number of ether oxygens (including phenoxy) is 3. The fourth-order valence-corrected chi connectivity index (χ4v) is 3.21. The highest BCUT2D eigenvalue weighted by Crippen LogP contribution is 2.26. The molecule has 32 heavy (non-hydrogen) atoms. The lowest BCUT2D eigenvalue weighted by Crippen LogP contribution is -2.42. The van der Waals surface area contributed by atoms with E-state index < -0.39 is 17.7 Å². The van der Waals surface area contributed by atoms with Crippen LogP contribution in [0.15, 0.2) is 90.6 Å². The number of carbonyl (C=O) groups excluding carboxylic acids is 2. The van der Waals surface area contributed by atoms with Crippen LogP contribution in [-0.2, 0) is 25.7 Å². The fourth-order valence-electron chi connectivity index (χ4n) is 3.21. The number of hydrogen-bond acceptors (Lipinski definition) is 6. The zero-order valence-electron chi connectivity index (χ0n) is 17.8. The lowest BCUT2D eigenvalue weighted by molar-refractivity contribution is -0.222. The molecule has 0 amide bonds. The van der Waals surface area contributed by atoms with Gasteiger partial charge in [0.15, 0.2) is 5.57 Å². The predicted octanol–water partition coefficient (Wildman–Crippen LogP) is 5.06. The molecule has 1 heterocycles. The lowest BCUT2D eigenvalue weighted by Gasteiger charge is -2.29. The predicted molar refractivity (Wildman–Crippen MR) is 121 cm³/mol. The Kier molecular flexibility index (Phi) is 5.94. The van der Waals surface area contributed by atoms with E-state index in [4.69, 9.17) is 14.2 Å². The van der Waals surface area contributed by atoms with Crippen LogP contribution in [0.2, 0.25) is 0 Å². The third-order valence-corrected chi connectivity index (χ3v) is 4.80. The number of nitrogens with one attached hydrogen (secondary N) is 1. The first-order valence-electron chi connectivity index (χ1n) is 10.2. The van der Waals surface area contributed by atoms with Gasteiger partial charge in [-0.25, -0.2) is 9.59 Å². The van der Waals surface area contributed by atoms with Crippen LogP contribution in [0.25, 0.3) is 11.1 Å². The molecule has 1 fully saturated rings. The van der Waals surface area contributed by atoms with Crippen molar-refractivity contribution in [2.45, 2.75) is 26.2 Å². The Morgan fingerprint density at radius 2 is 1.53 bits per heavy atom. The molecule has 3 aromatic rings. The standard InChI is InChI=1S/C26H23NO5/c1-26(2)31-24(28)23(25(29)32-26)16-27-21-10-6-9-20(15-21)19-11-13-22(14-12-19)30-17-18-7-4-3-5-8-18/h3-16,27H,17H2,1-2H3. The van der Waals surface area contributed by atoms with Crippen LogP contribution in [0.5, 0.6) is 5.75 Å². The van der Waals surface area contributed by atoms with Crippen LogP contribution >= 0.6 is 0 Å². The zero-order valence-corrected chi connectivity index (χ0v) is 17.8. The van der Waals surface area contributed by atoms with Gasteiger partial charge in [0.2, 0.25) is 0 Å². The Labute approximate surface area is 186 Å². The van der Waals surface area contributed by atoms with Crippen LogP contribution in [0, 0.1) is 0 Å². The van der Waals surface area contributed by atoms with E-state index in [-0.39, 0.29) is 5.57 Å². The molecule has 0 unspecified atom stereocenters. The molecule has 0 aromatic heterocycles. The van der Waals surface area contributed by atoms with Gasteiger partial charge in [0, 0.05) is 25.7 Å². The molecule has 4 rings (SSSR count). The summed E-state index contributed by atoms with van der Waals surface area (Å²) in [5.74, 6) is -1.92. The SMILES string of the molecule is CC1(C)OC(=O)C(=CNc2cccc(-c3ccc(OCc4ccccc4)cc3)c2)C(=O)O1. The number of carbonyl (C=O) groups is 2. The third kappa shape index (κ3) is 5.16. The molecule has 0 aliphatic carbocycles. The van der Waals surface area contributed by atoms with E-state index in [1.54, 1.807) is 0 Å². The highest BCUT2D eigenvalue weighted by Gasteiger charge is 2.38. The second kappa shape index (κ2) is 8.98. The lowest BCUT2D eigenvalue weighted by atomic mass is 10.0. The Hall–Kier alpha value is -4.06. The molecule has 6 heteroatoms. The van der Waals surface area contributed by atoms with Gasteiger partial charge in [0.05, 0.1) is 0 Å². The van der Waals surface area contributed by atoms with Gasteiger partial charge in [0.1, 0.15) is 12.4 Å². The van der Waals surface area contributed by atoms with Crippen molar-refractivity contribution >= 4 is 17.6 Å². The second-order valence-electron chi connectivity index (χ2n) is 7.76. The molecule has 0 atom stereocenters. The minimum Gasteiger partial charge on any atom is -0.489 e. The third-order valence-electron chi connectivity index (χ3n) is 4.80. The summed E-state index contributed by atoms with van der Waals surface area (Å²) in [5, 5.41) is 2.97. The quantitative estimate of drug-likeness (QED) is 0.335. The van der Waals surface area contributed by atoms with Gasteiger partial charge < -0.3 is 19.5 Å². The van der Waals surface area contributed by atoms with E-state index in [1.807, 2.05) is 78.9 Å². The number of esters is 2. The van der Waals surface area contributed by atoms with Gasteiger partial charge in [-0.2, -0.15) is 0 Å². The number of anilines is 1. The molecule has 6 nitrogen and oxygen atoms in total. The summed E-state index contributed by atoms with van der Waals surface area (Å²) in [7, 11) is 0. The van der Waals surface area contributed by atoms with Crippen molar-refractivity contribution in [1.29, 1.82) is 0 Å². The summed E-state index contributed by atoms with van der Waals surface area (Å²) in [6, 6.07) is 25.4. The average Bonchev–Trinajstić information content (AvgIpc) is 2.78. The van der Waals surface area contributed by atoms with Gasteiger partial charge in [-0.15, -0.1) is 0 Å². The summed E-state index contributed by atoms with van der Waals surface area (Å²) < 4.78 is 16.0. The van der Waals surface area contributed by atoms with E-state index in [0.29, 0.717) is 12.3 Å². The molecule has 0 bridgehead atoms. The summed E-state index contributed by atoms with van der Waals surface area (Å²) in [5.41, 5.74) is 3.61. The molecule has 3 aromatic carbocycles. The van der Waals surface area contributed by atoms with E-state index in [1.165, 1.54) is 20.0 Å². The van der Waals surface area contributed by atoms with Crippen molar-refractivity contribution in [2.24, 2.45) is 0 Å². The molecule has 162 valence electrons. The maximum atomic E-state index is 12.1. The van der Waals surface area contributed by atoms with E-state index in [2.05, 4.69) is 5.32 Å². The van der Waals surface area contributed by atoms with Crippen molar-refractivity contribution in [1.82, 2.24) is 0 Å². The van der Waals surface area contributed by atoms with E-state index in [9.17, 15) is 9.59 Å². The number of hydrogen-bond donors (Lipinski definition) is 1. The summed E-state index contributed by atoms with van der Waals surface area (Å²) in [6.07, 6.45) is 1.31. The van der Waals surface area contributed by atoms with Crippen molar-refractivity contribution < 1.29 is 23.8 Å². The summed E-state index contributed by atoms with van der Waals surface area (Å²) >= 11 is 0. The van der Waals surface area contributed by atoms with Crippen molar-refractivity contribution in [2.75, 3.05) is 5.32 Å². The van der Waals surface area contributed by atoms with E-state index >= 15 is 0 Å². The number of cyclic esters (lactones) is 2. The van der Waals surface area contributed by atoms with Crippen LogP contribution in [0.1, 0.15) is 19.4 Å². The minimum absolute atomic E-state index is 0.186. The highest BCUT2D eigenvalue weighted by atomic mass is 16.7. The van der Waals surface area contributed by atoms with Gasteiger partial charge >= 0.3 is 11.9 Å². The maximum absolute atomic E-state index is 12.1. The average molecular weight is 429 g/mol. The summed E-state index contributed by atoms with van der Waals surface area (Å²) in [4.78, 5) is 24.1. The molecule has 1 aliphatic heterocycles. The smallest absolute Gasteiger partial charge is 0.350 e. The van der Waals surface area contributed by atoms with Gasteiger partial charge in [-0.05, 0) is 41.0 Å². The molecular weight excluding hydrogens is 406 g/mol. The Bertz CT molecular complexity index is 1130. The normalized spacial score (nSPS) is 14.9. The van der Waals surface area contributed by atoms with Crippen molar-refractivity contribution in [3.8, 4) is 16.9 Å². The largest absolute Gasteiger partial charge is 0.489 e. The first-order valence-corrected chi connectivity index (χ1v) is 10.2. The second-order valence-corrected chi connectivity index (χ2v) is 7.76. The van der Waals surface area contributed by atoms with Gasteiger partial charge in [-0.3, -0.25) is 0 Å². The van der Waals surface area contributed by atoms with Crippen molar-refractivity contribution in [3.05, 3.63) is 96.2 Å². The van der Waals surface area contributed by atoms with Crippen LogP contribution in [0.3, 0.4) is 0 Å². The highest BCUT2D eigenvalue weighted by molar-refractivity contribution is 6.15. The van der Waals surface area contributed by atoms with Gasteiger partial charge in [0.25, 0.3) is 5.79 Å². The Morgan fingerprint density at radius 3 is 2.22 bits per heavy atom. The zero-order chi connectivity index (χ0) is 22.6. The first-order chi connectivity index (χ1) is 15.4. The molecular formula is C26H23NO5. The van der Waals surface area contributed by atoms with Crippen molar-refractivity contribution in [3.63, 3.8) is 0 Å². The molecule has 0 spiro atoms. The van der Waals surface area contributed by atoms with E-state index in [0.717, 1.165) is 22.4 Å². The topological polar surface area (TPSA) is 73.9 Å². The minimum atomic E-state index is -1.26. The van der Waals surface area contributed by atoms with Crippen LogP contribution in [0.4, 0.5) is 5.69 Å². The molecule has 1 aliphatic rings. The molecule has 0 saturated carbocycles. The fraction of sp³-hybridized carbons (Fsp3) is 0.154. The molecule has 1 saturated heterocycles. The molecule has 1 N–H and O–H groups in total. The monoisotopic (exact) mass is 429 g/mol. The Morgan fingerprint density at radius 1 is 0.844 bits per heavy atom. The molecule has 0 radical (unpaired) electrons. The number of benzene rings is 3. The first kappa shape index (κ1) is 21.2. The van der Waals surface area contributed by atoms with Gasteiger partial charge in [-0.1, -0.05) is 54.6 Å². The summed E-state index contributed by atoms with van der Waals surface area (Å²) in [6.45, 7) is 3.53. The van der Waals surface area contributed by atoms with Crippen LogP contribution in [-0.4, -0.2) is 17.7 Å².